The summed E-state index contributed by atoms with van der Waals surface area (Å²) in [6.45, 7) is 1.67. The predicted molar refractivity (Wildman–Crippen MR) is 70.9 cm³/mol. The first-order valence-corrected chi connectivity index (χ1v) is 7.36. The number of sulfone groups is 1. The van der Waals surface area contributed by atoms with Crippen LogP contribution in [-0.4, -0.2) is 32.4 Å². The van der Waals surface area contributed by atoms with E-state index in [2.05, 4.69) is 10.7 Å². The zero-order valence-electron chi connectivity index (χ0n) is 10.1. The number of nitrogen functional groups attached to an aromatic ring is 1. The van der Waals surface area contributed by atoms with Crippen molar-refractivity contribution in [1.29, 1.82) is 0 Å². The van der Waals surface area contributed by atoms with Gasteiger partial charge in [-0.3, -0.25) is 10.6 Å². The summed E-state index contributed by atoms with van der Waals surface area (Å²) >= 11 is 0. The lowest BCUT2D eigenvalue weighted by molar-refractivity contribution is 0.0957. The third-order valence-corrected chi connectivity index (χ3v) is 4.17. The molecule has 1 aromatic carbocycles. The number of nitrogens with two attached hydrogens (primary N) is 1. The number of hydrogen-bond acceptors (Lipinski definition) is 5. The van der Waals surface area contributed by atoms with Crippen LogP contribution in [0.1, 0.15) is 17.3 Å². The molecular formula is C11H17N3O3S. The molecule has 6 nitrogen and oxygen atoms in total. The molecule has 0 atom stereocenters. The summed E-state index contributed by atoms with van der Waals surface area (Å²) in [5.41, 5.74) is 3.29. The minimum Gasteiger partial charge on any atom is -0.351 e. The predicted octanol–water partition coefficient (Wildman–Crippen LogP) is 0.137. The van der Waals surface area contributed by atoms with Gasteiger partial charge in [0.2, 0.25) is 0 Å². The number of benzene rings is 1. The van der Waals surface area contributed by atoms with E-state index in [-0.39, 0.29) is 24.0 Å². The van der Waals surface area contributed by atoms with Gasteiger partial charge in [0.15, 0.2) is 9.84 Å². The van der Waals surface area contributed by atoms with Gasteiger partial charge >= 0.3 is 0 Å². The van der Waals surface area contributed by atoms with E-state index < -0.39 is 9.84 Å². The van der Waals surface area contributed by atoms with Crippen LogP contribution in [0.4, 0.5) is 5.69 Å². The quantitative estimate of drug-likeness (QED) is 0.504. The van der Waals surface area contributed by atoms with Crippen LogP contribution in [0.15, 0.2) is 24.3 Å². The lowest BCUT2D eigenvalue weighted by atomic mass is 10.1. The van der Waals surface area contributed by atoms with Gasteiger partial charge in [-0.1, -0.05) is 19.1 Å². The monoisotopic (exact) mass is 271 g/mol. The van der Waals surface area contributed by atoms with E-state index in [4.69, 9.17) is 5.84 Å². The molecule has 7 heteroatoms. The van der Waals surface area contributed by atoms with Crippen molar-refractivity contribution in [3.63, 3.8) is 0 Å². The fraction of sp³-hybridized carbons (Fsp3) is 0.364. The minimum atomic E-state index is -3.07. The van der Waals surface area contributed by atoms with Crippen LogP contribution in [0, 0.1) is 0 Å². The molecule has 0 saturated heterocycles. The first kappa shape index (κ1) is 14.5. The summed E-state index contributed by atoms with van der Waals surface area (Å²) in [6.07, 6.45) is 0. The number of anilines is 1. The van der Waals surface area contributed by atoms with Crippen LogP contribution in [0.3, 0.4) is 0 Å². The lowest BCUT2D eigenvalue weighted by Gasteiger charge is -2.09. The number of hydrogen-bond donors (Lipinski definition) is 3. The third-order valence-electron chi connectivity index (χ3n) is 2.47. The van der Waals surface area contributed by atoms with E-state index in [0.29, 0.717) is 11.3 Å². The molecule has 1 amide bonds. The van der Waals surface area contributed by atoms with Crippen molar-refractivity contribution in [2.24, 2.45) is 5.84 Å². The molecule has 0 aliphatic carbocycles. The molecule has 0 heterocycles. The van der Waals surface area contributed by atoms with Crippen molar-refractivity contribution in [3.05, 3.63) is 29.8 Å². The molecule has 0 bridgehead atoms. The first-order chi connectivity index (χ1) is 8.50. The molecule has 0 aromatic heterocycles. The number of carbonyl (C=O) groups excluding carboxylic acids is 1. The van der Waals surface area contributed by atoms with Gasteiger partial charge in [0.25, 0.3) is 5.91 Å². The first-order valence-electron chi connectivity index (χ1n) is 5.54. The van der Waals surface area contributed by atoms with Crippen molar-refractivity contribution >= 4 is 21.4 Å². The average Bonchev–Trinajstić information content (AvgIpc) is 2.38. The topological polar surface area (TPSA) is 101 Å². The van der Waals surface area contributed by atoms with Gasteiger partial charge in [0.05, 0.1) is 17.0 Å². The van der Waals surface area contributed by atoms with Gasteiger partial charge in [-0.15, -0.1) is 0 Å². The van der Waals surface area contributed by atoms with Gasteiger partial charge in [-0.25, -0.2) is 8.42 Å². The molecule has 0 saturated carbocycles. The van der Waals surface area contributed by atoms with E-state index in [1.807, 2.05) is 0 Å². The highest BCUT2D eigenvalue weighted by molar-refractivity contribution is 7.91. The SMILES string of the molecule is CCS(=O)(=O)CCNC(=O)c1ccccc1NN. The number of nitrogens with one attached hydrogen (secondary N) is 2. The average molecular weight is 271 g/mol. The van der Waals surface area contributed by atoms with Crippen LogP contribution in [0.5, 0.6) is 0 Å². The van der Waals surface area contributed by atoms with Crippen molar-refractivity contribution in [2.45, 2.75) is 6.92 Å². The maximum atomic E-state index is 11.8. The Morgan fingerprint density at radius 1 is 1.33 bits per heavy atom. The fourth-order valence-electron chi connectivity index (χ4n) is 1.37. The molecule has 0 radical (unpaired) electrons. The fourth-order valence-corrected chi connectivity index (χ4v) is 2.07. The Hall–Kier alpha value is -1.60. The molecular weight excluding hydrogens is 254 g/mol. The normalized spacial score (nSPS) is 11.0. The van der Waals surface area contributed by atoms with E-state index in [1.165, 1.54) is 0 Å². The standard InChI is InChI=1S/C11H17N3O3S/c1-2-18(16,17)8-7-13-11(15)9-5-3-4-6-10(9)14-12/h3-6,14H,2,7-8,12H2,1H3,(H,13,15). The van der Waals surface area contributed by atoms with Gasteiger partial charge in [-0.2, -0.15) is 0 Å². The van der Waals surface area contributed by atoms with Crippen LogP contribution in [-0.2, 0) is 9.84 Å². The summed E-state index contributed by atoms with van der Waals surface area (Å²) in [4.78, 5) is 11.8. The summed E-state index contributed by atoms with van der Waals surface area (Å²) in [5.74, 6) is 4.94. The minimum absolute atomic E-state index is 0.0620. The van der Waals surface area contributed by atoms with E-state index >= 15 is 0 Å². The number of rotatable bonds is 6. The molecule has 1 rings (SSSR count). The highest BCUT2D eigenvalue weighted by Gasteiger charge is 2.12. The Morgan fingerprint density at radius 3 is 2.61 bits per heavy atom. The van der Waals surface area contributed by atoms with Crippen LogP contribution < -0.4 is 16.6 Å². The van der Waals surface area contributed by atoms with E-state index in [1.54, 1.807) is 31.2 Å². The van der Waals surface area contributed by atoms with Crippen LogP contribution in [0.25, 0.3) is 0 Å². The highest BCUT2D eigenvalue weighted by atomic mass is 32.2. The molecule has 0 unspecified atom stereocenters. The zero-order chi connectivity index (χ0) is 13.6. The maximum Gasteiger partial charge on any atom is 0.253 e. The molecule has 0 spiro atoms. The summed E-state index contributed by atoms with van der Waals surface area (Å²) in [7, 11) is -3.07. The van der Waals surface area contributed by atoms with E-state index in [9.17, 15) is 13.2 Å². The summed E-state index contributed by atoms with van der Waals surface area (Å²) < 4.78 is 22.5. The highest BCUT2D eigenvalue weighted by Crippen LogP contribution is 2.12. The molecule has 100 valence electrons. The molecule has 0 fully saturated rings. The molecule has 1 aromatic rings. The smallest absolute Gasteiger partial charge is 0.253 e. The second kappa shape index (κ2) is 6.36. The van der Waals surface area contributed by atoms with E-state index in [0.717, 1.165) is 0 Å². The lowest BCUT2D eigenvalue weighted by Crippen LogP contribution is -2.30. The second-order valence-electron chi connectivity index (χ2n) is 3.68. The second-order valence-corrected chi connectivity index (χ2v) is 6.15. The Morgan fingerprint density at radius 2 is 2.00 bits per heavy atom. The van der Waals surface area contributed by atoms with Gasteiger partial charge in [0.1, 0.15) is 0 Å². The Labute approximate surface area is 106 Å². The molecule has 0 aliphatic heterocycles. The number of hydrazine groups is 1. The maximum absolute atomic E-state index is 11.8. The van der Waals surface area contributed by atoms with Crippen molar-refractivity contribution in [3.8, 4) is 0 Å². The van der Waals surface area contributed by atoms with Crippen molar-refractivity contribution < 1.29 is 13.2 Å². The summed E-state index contributed by atoms with van der Waals surface area (Å²) in [6, 6.07) is 6.72. The van der Waals surface area contributed by atoms with Crippen molar-refractivity contribution in [1.82, 2.24) is 5.32 Å². The van der Waals surface area contributed by atoms with Gasteiger partial charge in [-0.05, 0) is 12.1 Å². The largest absolute Gasteiger partial charge is 0.351 e. The Kier molecular flexibility index (Phi) is 5.11. The third kappa shape index (κ3) is 4.01. The zero-order valence-corrected chi connectivity index (χ0v) is 11.0. The van der Waals surface area contributed by atoms with Crippen LogP contribution >= 0.6 is 0 Å². The molecule has 0 aliphatic rings. The number of carbonyl (C=O) groups is 1. The molecule has 4 N–H and O–H groups in total. The van der Waals surface area contributed by atoms with Gasteiger partial charge in [0, 0.05) is 12.3 Å². The summed E-state index contributed by atoms with van der Waals surface area (Å²) in [5, 5.41) is 2.55. The van der Waals surface area contributed by atoms with Crippen LogP contribution in [0.2, 0.25) is 0 Å². The Bertz CT molecular complexity index is 514. The number of amides is 1. The number of para-hydroxylation sites is 1. The Balaban J connectivity index is 2.61. The van der Waals surface area contributed by atoms with Crippen molar-refractivity contribution in [2.75, 3.05) is 23.5 Å². The molecule has 18 heavy (non-hydrogen) atoms. The van der Waals surface area contributed by atoms with Gasteiger partial charge < -0.3 is 10.7 Å².